The van der Waals surface area contributed by atoms with E-state index in [9.17, 15) is 9.59 Å². The molecule has 134 valence electrons. The van der Waals surface area contributed by atoms with Crippen LogP contribution in [0, 0.1) is 6.92 Å². The molecule has 1 fully saturated rings. The van der Waals surface area contributed by atoms with Gasteiger partial charge in [0.05, 0.1) is 0 Å². The van der Waals surface area contributed by atoms with Gasteiger partial charge in [-0.3, -0.25) is 9.59 Å². The smallest absolute Gasteiger partial charge is 0.290 e. The summed E-state index contributed by atoms with van der Waals surface area (Å²) in [5, 5.41) is 4.28. The molecule has 2 atom stereocenters. The lowest BCUT2D eigenvalue weighted by Crippen LogP contribution is -2.49. The normalized spacial score (nSPS) is 20.7. The van der Waals surface area contributed by atoms with E-state index in [1.165, 1.54) is 6.07 Å². The number of anilines is 1. The molecule has 0 unspecified atom stereocenters. The van der Waals surface area contributed by atoms with Crippen LogP contribution in [0.5, 0.6) is 0 Å². The Morgan fingerprint density at radius 2 is 2.00 bits per heavy atom. The number of nitrogen functional groups attached to an aromatic ring is 1. The summed E-state index contributed by atoms with van der Waals surface area (Å²) in [7, 11) is 0. The predicted octanol–water partition coefficient (Wildman–Crippen LogP) is 2.18. The molecular weight excluding hydrogens is 320 g/mol. The number of likely N-dealkylation sites (tertiary alicyclic amines) is 1. The number of hydrogen-bond acceptors (Lipinski definition) is 5. The number of carbonyl (C=O) groups is 1. The van der Waals surface area contributed by atoms with Crippen LogP contribution in [-0.2, 0) is 11.3 Å². The van der Waals surface area contributed by atoms with Crippen molar-refractivity contribution < 1.29 is 9.21 Å². The van der Waals surface area contributed by atoms with Gasteiger partial charge in [0.15, 0.2) is 5.76 Å². The lowest BCUT2D eigenvalue weighted by molar-refractivity contribution is -0.138. The molecule has 1 aliphatic heterocycles. The molecular formula is C18H24N4O3. The van der Waals surface area contributed by atoms with Gasteiger partial charge in [0.2, 0.25) is 5.91 Å². The molecule has 2 N–H and O–H groups in total. The molecule has 3 rings (SSSR count). The molecule has 7 heteroatoms. The maximum absolute atomic E-state index is 12.8. The van der Waals surface area contributed by atoms with Crippen LogP contribution in [0.1, 0.15) is 38.9 Å². The maximum Gasteiger partial charge on any atom is 0.290 e. The Kier molecular flexibility index (Phi) is 4.65. The van der Waals surface area contributed by atoms with Crippen molar-refractivity contribution in [1.29, 1.82) is 0 Å². The molecule has 1 saturated heterocycles. The van der Waals surface area contributed by atoms with E-state index in [4.69, 9.17) is 10.2 Å². The van der Waals surface area contributed by atoms with Crippen molar-refractivity contribution in [1.82, 2.24) is 14.7 Å². The SMILES string of the molecule is Cc1ccc(-c2cc(N)c(=O)n(CC(=O)N3[C@@H](C)CCC[C@@H]3C)n2)o1. The lowest BCUT2D eigenvalue weighted by atomic mass is 9.97. The highest BCUT2D eigenvalue weighted by Gasteiger charge is 2.29. The molecule has 25 heavy (non-hydrogen) atoms. The molecule has 7 nitrogen and oxygen atoms in total. The molecule has 0 bridgehead atoms. The van der Waals surface area contributed by atoms with E-state index in [1.54, 1.807) is 6.07 Å². The fourth-order valence-electron chi connectivity index (χ4n) is 3.48. The van der Waals surface area contributed by atoms with Crippen LogP contribution in [-0.4, -0.2) is 32.7 Å². The summed E-state index contributed by atoms with van der Waals surface area (Å²) in [6, 6.07) is 5.39. The van der Waals surface area contributed by atoms with Gasteiger partial charge >= 0.3 is 0 Å². The standard InChI is InChI=1S/C18H24N4O3/c1-11-5-4-6-12(2)22(11)17(23)10-21-18(24)14(19)9-15(20-21)16-8-7-13(3)25-16/h7-9,11-12H,4-6,10,19H2,1-3H3/t11-,12-/m0/s1. The molecule has 2 aromatic heterocycles. The van der Waals surface area contributed by atoms with E-state index in [1.807, 2.05) is 31.7 Å². The van der Waals surface area contributed by atoms with Gasteiger partial charge in [-0.05, 0) is 58.2 Å². The van der Waals surface area contributed by atoms with Crippen molar-refractivity contribution in [2.75, 3.05) is 5.73 Å². The van der Waals surface area contributed by atoms with Crippen LogP contribution < -0.4 is 11.3 Å². The highest BCUT2D eigenvalue weighted by atomic mass is 16.3. The molecule has 0 saturated carbocycles. The quantitative estimate of drug-likeness (QED) is 0.921. The second kappa shape index (κ2) is 6.74. The topological polar surface area (TPSA) is 94.4 Å². The zero-order valence-corrected chi connectivity index (χ0v) is 14.9. The van der Waals surface area contributed by atoms with E-state index in [0.717, 1.165) is 29.7 Å². The third kappa shape index (κ3) is 3.45. The highest BCUT2D eigenvalue weighted by Crippen LogP contribution is 2.23. The fraction of sp³-hybridized carbons (Fsp3) is 0.500. The van der Waals surface area contributed by atoms with Gasteiger partial charge in [-0.1, -0.05) is 0 Å². The first-order valence-electron chi connectivity index (χ1n) is 8.62. The Hall–Kier alpha value is -2.57. The lowest BCUT2D eigenvalue weighted by Gasteiger charge is -2.39. The van der Waals surface area contributed by atoms with Gasteiger partial charge in [0.25, 0.3) is 5.56 Å². The van der Waals surface area contributed by atoms with E-state index >= 15 is 0 Å². The van der Waals surface area contributed by atoms with E-state index in [-0.39, 0.29) is 30.2 Å². The van der Waals surface area contributed by atoms with Gasteiger partial charge in [-0.2, -0.15) is 5.10 Å². The van der Waals surface area contributed by atoms with Crippen LogP contribution in [0.3, 0.4) is 0 Å². The minimum absolute atomic E-state index is 0.0478. The van der Waals surface area contributed by atoms with Gasteiger partial charge < -0.3 is 15.1 Å². The van der Waals surface area contributed by atoms with E-state index < -0.39 is 5.56 Å². The number of aryl methyl sites for hydroxylation is 1. The van der Waals surface area contributed by atoms with E-state index in [0.29, 0.717) is 11.5 Å². The molecule has 0 spiro atoms. The first kappa shape index (κ1) is 17.3. The third-order valence-corrected chi connectivity index (χ3v) is 4.76. The fourth-order valence-corrected chi connectivity index (χ4v) is 3.48. The van der Waals surface area contributed by atoms with Gasteiger partial charge in [-0.25, -0.2) is 4.68 Å². The van der Waals surface area contributed by atoms with Crippen LogP contribution in [0.4, 0.5) is 5.69 Å². The molecule has 3 heterocycles. The molecule has 2 aromatic rings. The second-order valence-electron chi connectivity index (χ2n) is 6.79. The zero-order chi connectivity index (χ0) is 18.1. The number of amides is 1. The average molecular weight is 344 g/mol. The number of furan rings is 1. The van der Waals surface area contributed by atoms with Crippen molar-refractivity contribution in [2.24, 2.45) is 0 Å². The van der Waals surface area contributed by atoms with Crippen LogP contribution in [0.25, 0.3) is 11.5 Å². The predicted molar refractivity (Wildman–Crippen MR) is 95.0 cm³/mol. The summed E-state index contributed by atoms with van der Waals surface area (Å²) in [5.41, 5.74) is 5.86. The number of nitrogens with zero attached hydrogens (tertiary/aromatic N) is 3. The Balaban J connectivity index is 1.90. The van der Waals surface area contributed by atoms with Crippen LogP contribution in [0.2, 0.25) is 0 Å². The highest BCUT2D eigenvalue weighted by molar-refractivity contribution is 5.77. The van der Waals surface area contributed by atoms with Crippen molar-refractivity contribution in [2.45, 2.75) is 58.7 Å². The summed E-state index contributed by atoms with van der Waals surface area (Å²) in [6.45, 7) is 5.79. The molecule has 1 amide bonds. The Morgan fingerprint density at radius 1 is 1.32 bits per heavy atom. The Labute approximate surface area is 146 Å². The largest absolute Gasteiger partial charge is 0.460 e. The minimum atomic E-state index is -0.460. The summed E-state index contributed by atoms with van der Waals surface area (Å²) in [4.78, 5) is 26.9. The van der Waals surface area contributed by atoms with Crippen molar-refractivity contribution in [3.05, 3.63) is 34.3 Å². The summed E-state index contributed by atoms with van der Waals surface area (Å²) in [6.07, 6.45) is 3.07. The summed E-state index contributed by atoms with van der Waals surface area (Å²) in [5.74, 6) is 1.15. The number of carbonyl (C=O) groups excluding carboxylic acids is 1. The van der Waals surface area contributed by atoms with Crippen molar-refractivity contribution in [3.63, 3.8) is 0 Å². The third-order valence-electron chi connectivity index (χ3n) is 4.76. The Morgan fingerprint density at radius 3 is 2.60 bits per heavy atom. The first-order chi connectivity index (χ1) is 11.9. The molecule has 0 aliphatic carbocycles. The second-order valence-corrected chi connectivity index (χ2v) is 6.79. The number of hydrogen-bond donors (Lipinski definition) is 1. The number of rotatable bonds is 3. The zero-order valence-electron chi connectivity index (χ0n) is 14.9. The number of piperidine rings is 1. The number of aromatic nitrogens is 2. The monoisotopic (exact) mass is 344 g/mol. The van der Waals surface area contributed by atoms with E-state index in [2.05, 4.69) is 5.10 Å². The van der Waals surface area contributed by atoms with Crippen LogP contribution >= 0.6 is 0 Å². The number of nitrogens with two attached hydrogens (primary N) is 1. The Bertz CT molecular complexity index is 829. The maximum atomic E-state index is 12.8. The van der Waals surface area contributed by atoms with Gasteiger partial charge in [0.1, 0.15) is 23.7 Å². The average Bonchev–Trinajstić information content (AvgIpc) is 2.98. The van der Waals surface area contributed by atoms with Crippen molar-refractivity contribution >= 4 is 11.6 Å². The molecule has 0 aromatic carbocycles. The van der Waals surface area contributed by atoms with Crippen LogP contribution in [0.15, 0.2) is 27.4 Å². The van der Waals surface area contributed by atoms with Gasteiger partial charge in [0, 0.05) is 12.1 Å². The first-order valence-corrected chi connectivity index (χ1v) is 8.62. The van der Waals surface area contributed by atoms with Crippen molar-refractivity contribution in [3.8, 4) is 11.5 Å². The van der Waals surface area contributed by atoms with Gasteiger partial charge in [-0.15, -0.1) is 0 Å². The minimum Gasteiger partial charge on any atom is -0.460 e. The summed E-state index contributed by atoms with van der Waals surface area (Å²) >= 11 is 0. The molecule has 0 radical (unpaired) electrons. The summed E-state index contributed by atoms with van der Waals surface area (Å²) < 4.78 is 6.68. The molecule has 1 aliphatic rings.